The molecular formula is C11H18N2OS. The molecular weight excluding hydrogens is 208 g/mol. The molecule has 0 saturated heterocycles. The molecule has 0 aliphatic heterocycles. The zero-order valence-corrected chi connectivity index (χ0v) is 10.1. The second-order valence-electron chi connectivity index (χ2n) is 3.72. The normalized spacial score (nSPS) is 14.3. The van der Waals surface area contributed by atoms with Crippen LogP contribution in [0.15, 0.2) is 0 Å². The van der Waals surface area contributed by atoms with E-state index in [0.29, 0.717) is 0 Å². The van der Waals surface area contributed by atoms with Gasteiger partial charge in [0.2, 0.25) is 6.41 Å². The largest absolute Gasteiger partial charge is 0.372 e. The van der Waals surface area contributed by atoms with Crippen molar-refractivity contribution in [2.24, 2.45) is 5.73 Å². The first kappa shape index (κ1) is 12.2. The molecule has 3 nitrogen and oxygen atoms in total. The molecule has 1 aromatic rings. The van der Waals surface area contributed by atoms with Crippen LogP contribution in [0.2, 0.25) is 0 Å². The lowest BCUT2D eigenvalue weighted by Gasteiger charge is -1.88. The average molecular weight is 226 g/mol. The number of aromatic nitrogens is 1. The van der Waals surface area contributed by atoms with Crippen molar-refractivity contribution in [2.45, 2.75) is 45.4 Å². The number of nitrogens with zero attached hydrogens (tertiary/aromatic N) is 1. The molecule has 2 N–H and O–H groups in total. The van der Waals surface area contributed by atoms with Crippen LogP contribution in [0.3, 0.4) is 0 Å². The van der Waals surface area contributed by atoms with Gasteiger partial charge in [0.25, 0.3) is 0 Å². The van der Waals surface area contributed by atoms with Crippen molar-refractivity contribution in [2.75, 3.05) is 0 Å². The summed E-state index contributed by atoms with van der Waals surface area (Å²) in [5, 5.41) is 1.34. The molecule has 0 atom stereocenters. The molecule has 0 radical (unpaired) electrons. The Morgan fingerprint density at radius 2 is 2.20 bits per heavy atom. The SMILES string of the molecule is CCCc1nc(C)c(C2CC2)s1.NC=O. The molecule has 1 heterocycles. The van der Waals surface area contributed by atoms with E-state index in [0.717, 1.165) is 12.3 Å². The number of hydrogen-bond donors (Lipinski definition) is 1. The van der Waals surface area contributed by atoms with Crippen LogP contribution in [0.25, 0.3) is 0 Å². The van der Waals surface area contributed by atoms with Gasteiger partial charge in [-0.1, -0.05) is 6.92 Å². The quantitative estimate of drug-likeness (QED) is 0.804. The van der Waals surface area contributed by atoms with Crippen LogP contribution < -0.4 is 5.73 Å². The summed E-state index contributed by atoms with van der Waals surface area (Å²) in [4.78, 5) is 14.7. The van der Waals surface area contributed by atoms with Crippen LogP contribution in [0.5, 0.6) is 0 Å². The lowest BCUT2D eigenvalue weighted by atomic mass is 10.3. The van der Waals surface area contributed by atoms with Crippen LogP contribution in [0.4, 0.5) is 0 Å². The minimum Gasteiger partial charge on any atom is -0.372 e. The van der Waals surface area contributed by atoms with E-state index >= 15 is 0 Å². The maximum absolute atomic E-state index is 8.58. The third-order valence-corrected chi connectivity index (χ3v) is 3.67. The summed E-state index contributed by atoms with van der Waals surface area (Å²) in [6, 6.07) is 0. The lowest BCUT2D eigenvalue weighted by Crippen LogP contribution is -1.82. The minimum absolute atomic E-state index is 0.250. The number of aryl methyl sites for hydroxylation is 2. The van der Waals surface area contributed by atoms with Crippen molar-refractivity contribution in [3.05, 3.63) is 15.6 Å². The molecule has 1 saturated carbocycles. The van der Waals surface area contributed by atoms with Gasteiger partial charge in [0.05, 0.1) is 10.7 Å². The molecule has 0 unspecified atom stereocenters. The van der Waals surface area contributed by atoms with Crippen molar-refractivity contribution in [1.82, 2.24) is 4.98 Å². The average Bonchev–Trinajstić information content (AvgIpc) is 2.94. The Balaban J connectivity index is 0.000000337. The Labute approximate surface area is 94.7 Å². The summed E-state index contributed by atoms with van der Waals surface area (Å²) >= 11 is 1.94. The second-order valence-corrected chi connectivity index (χ2v) is 4.83. The number of amides is 1. The van der Waals surface area contributed by atoms with Gasteiger partial charge < -0.3 is 5.73 Å². The number of carbonyl (C=O) groups is 1. The van der Waals surface area contributed by atoms with Crippen molar-refractivity contribution in [3.8, 4) is 0 Å². The first-order valence-electron chi connectivity index (χ1n) is 5.34. The Morgan fingerprint density at radius 1 is 1.60 bits per heavy atom. The number of rotatable bonds is 3. The predicted molar refractivity (Wildman–Crippen MR) is 63.1 cm³/mol. The van der Waals surface area contributed by atoms with Gasteiger partial charge >= 0.3 is 0 Å². The summed E-state index contributed by atoms with van der Waals surface area (Å²) in [5.74, 6) is 0.883. The molecule has 15 heavy (non-hydrogen) atoms. The Hall–Kier alpha value is -0.900. The summed E-state index contributed by atoms with van der Waals surface area (Å²) in [7, 11) is 0. The summed E-state index contributed by atoms with van der Waals surface area (Å²) in [6.07, 6.45) is 5.43. The van der Waals surface area contributed by atoms with Crippen LogP contribution in [0, 0.1) is 6.92 Å². The van der Waals surface area contributed by atoms with Crippen LogP contribution in [-0.2, 0) is 11.2 Å². The number of nitrogens with two attached hydrogens (primary N) is 1. The highest BCUT2D eigenvalue weighted by molar-refractivity contribution is 7.11. The van der Waals surface area contributed by atoms with Gasteiger partial charge in [-0.2, -0.15) is 0 Å². The van der Waals surface area contributed by atoms with Crippen molar-refractivity contribution < 1.29 is 4.79 Å². The first-order chi connectivity index (χ1) is 7.22. The summed E-state index contributed by atoms with van der Waals surface area (Å²) in [6.45, 7) is 4.37. The molecule has 2 rings (SSSR count). The third kappa shape index (κ3) is 3.63. The van der Waals surface area contributed by atoms with Gasteiger partial charge in [0, 0.05) is 4.88 Å². The summed E-state index contributed by atoms with van der Waals surface area (Å²) < 4.78 is 0. The molecule has 1 aromatic heterocycles. The fourth-order valence-electron chi connectivity index (χ4n) is 1.51. The van der Waals surface area contributed by atoms with E-state index in [1.54, 1.807) is 4.88 Å². The number of carbonyl (C=O) groups excluding carboxylic acids is 1. The lowest BCUT2D eigenvalue weighted by molar-refractivity contribution is -0.106. The smallest absolute Gasteiger partial charge is 0.204 e. The van der Waals surface area contributed by atoms with Crippen molar-refractivity contribution in [1.29, 1.82) is 0 Å². The first-order valence-corrected chi connectivity index (χ1v) is 6.16. The Bertz CT molecular complexity index is 318. The van der Waals surface area contributed by atoms with Gasteiger partial charge in [-0.15, -0.1) is 11.3 Å². The molecule has 0 bridgehead atoms. The van der Waals surface area contributed by atoms with Gasteiger partial charge in [-0.25, -0.2) is 4.98 Å². The molecule has 0 spiro atoms. The maximum Gasteiger partial charge on any atom is 0.204 e. The predicted octanol–water partition coefficient (Wildman–Crippen LogP) is 2.38. The summed E-state index contributed by atoms with van der Waals surface area (Å²) in [5.41, 5.74) is 5.46. The fraction of sp³-hybridized carbons (Fsp3) is 0.636. The monoisotopic (exact) mass is 226 g/mol. The molecule has 1 amide bonds. The van der Waals surface area contributed by atoms with Gasteiger partial charge in [0.15, 0.2) is 0 Å². The molecule has 84 valence electrons. The maximum atomic E-state index is 8.58. The fourth-order valence-corrected chi connectivity index (χ4v) is 2.85. The molecule has 1 aliphatic carbocycles. The van der Waals surface area contributed by atoms with Gasteiger partial charge in [-0.05, 0) is 38.5 Å². The van der Waals surface area contributed by atoms with E-state index in [-0.39, 0.29) is 6.41 Å². The molecule has 1 aliphatic rings. The van der Waals surface area contributed by atoms with Gasteiger partial charge in [-0.3, -0.25) is 4.79 Å². The standard InChI is InChI=1S/C10H15NS.CH3NO/c1-3-4-9-11-7(2)10(12-9)8-5-6-8;2-1-3/h8H,3-6H2,1-2H3;1H,(H2,2,3). The van der Waals surface area contributed by atoms with Crippen molar-refractivity contribution in [3.63, 3.8) is 0 Å². The topological polar surface area (TPSA) is 56.0 Å². The minimum atomic E-state index is 0.250. The van der Waals surface area contributed by atoms with Crippen LogP contribution in [-0.4, -0.2) is 11.4 Å². The zero-order valence-electron chi connectivity index (χ0n) is 9.32. The van der Waals surface area contributed by atoms with E-state index < -0.39 is 0 Å². The number of thiazole rings is 1. The zero-order chi connectivity index (χ0) is 11.3. The van der Waals surface area contributed by atoms with E-state index in [2.05, 4.69) is 24.6 Å². The van der Waals surface area contributed by atoms with E-state index in [1.807, 2.05) is 11.3 Å². The van der Waals surface area contributed by atoms with Crippen LogP contribution in [0.1, 0.15) is 47.7 Å². The highest BCUT2D eigenvalue weighted by Gasteiger charge is 2.27. The molecule has 0 aromatic carbocycles. The van der Waals surface area contributed by atoms with Crippen LogP contribution >= 0.6 is 11.3 Å². The van der Waals surface area contributed by atoms with E-state index in [4.69, 9.17) is 4.79 Å². The highest BCUT2D eigenvalue weighted by Crippen LogP contribution is 2.44. The number of hydrogen-bond acceptors (Lipinski definition) is 3. The van der Waals surface area contributed by atoms with E-state index in [9.17, 15) is 0 Å². The Kier molecular flexibility index (Phi) is 4.75. The molecule has 1 fully saturated rings. The van der Waals surface area contributed by atoms with Gasteiger partial charge in [0.1, 0.15) is 0 Å². The van der Waals surface area contributed by atoms with E-state index in [1.165, 1.54) is 30.0 Å². The number of primary amides is 1. The Morgan fingerprint density at radius 3 is 2.67 bits per heavy atom. The highest BCUT2D eigenvalue weighted by atomic mass is 32.1. The second kappa shape index (κ2) is 5.85. The van der Waals surface area contributed by atoms with Crippen molar-refractivity contribution >= 4 is 17.7 Å². The third-order valence-electron chi connectivity index (χ3n) is 2.29. The molecule has 4 heteroatoms.